The van der Waals surface area contributed by atoms with E-state index in [1.807, 2.05) is 13.8 Å². The van der Waals surface area contributed by atoms with E-state index >= 15 is 0 Å². The number of rotatable bonds is 12. The van der Waals surface area contributed by atoms with Crippen molar-refractivity contribution in [2.24, 2.45) is 0 Å². The highest BCUT2D eigenvalue weighted by Gasteiger charge is 2.20. The predicted octanol–water partition coefficient (Wildman–Crippen LogP) is 0.635. The Labute approximate surface area is 139 Å². The number of benzene rings is 1. The summed E-state index contributed by atoms with van der Waals surface area (Å²) in [6.07, 6.45) is 3.04. The van der Waals surface area contributed by atoms with Crippen LogP contribution in [0.3, 0.4) is 0 Å². The average Bonchev–Trinajstić information content (AvgIpc) is 2.54. The Morgan fingerprint density at radius 1 is 0.917 bits per heavy atom. The Morgan fingerprint density at radius 3 is 2.00 bits per heavy atom. The summed E-state index contributed by atoms with van der Waals surface area (Å²) in [5.41, 5.74) is -1.11. The molecule has 8 heteroatoms. The Bertz CT molecular complexity index is 555. The van der Waals surface area contributed by atoms with Gasteiger partial charge in [-0.25, -0.2) is 0 Å². The first-order valence-electron chi connectivity index (χ1n) is 7.71. The summed E-state index contributed by atoms with van der Waals surface area (Å²) in [5.74, 6) is -4.11. The minimum atomic E-state index is -1.69. The molecule has 0 spiro atoms. The van der Waals surface area contributed by atoms with E-state index in [0.29, 0.717) is 12.8 Å². The molecule has 0 aliphatic heterocycles. The highest BCUT2D eigenvalue weighted by molar-refractivity contribution is 5.99. The minimum absolute atomic E-state index is 0.160. The van der Waals surface area contributed by atoms with Crippen molar-refractivity contribution >= 4 is 11.9 Å². The Balaban J connectivity index is 3.07. The van der Waals surface area contributed by atoms with Crippen molar-refractivity contribution in [2.75, 3.05) is 13.2 Å². The zero-order valence-corrected chi connectivity index (χ0v) is 13.7. The van der Waals surface area contributed by atoms with Crippen LogP contribution in [-0.4, -0.2) is 25.2 Å². The lowest BCUT2D eigenvalue weighted by molar-refractivity contribution is -0.259. The second kappa shape index (κ2) is 10.5. The molecule has 0 aromatic heterocycles. The topological polar surface area (TPSA) is 117 Å². The molecule has 0 N–H and O–H groups in total. The van der Waals surface area contributed by atoms with Crippen molar-refractivity contribution in [2.45, 2.75) is 39.5 Å². The molecular weight excluding hydrogens is 320 g/mol. The summed E-state index contributed by atoms with van der Waals surface area (Å²) >= 11 is 0. The van der Waals surface area contributed by atoms with Crippen molar-refractivity contribution < 1.29 is 39.4 Å². The summed E-state index contributed by atoms with van der Waals surface area (Å²) in [6, 6.07) is 2.21. The van der Waals surface area contributed by atoms with Gasteiger partial charge in [-0.3, -0.25) is 0 Å². The fourth-order valence-electron chi connectivity index (χ4n) is 1.69. The molecule has 0 aliphatic rings. The minimum Gasteiger partial charge on any atom is -0.545 e. The quantitative estimate of drug-likeness (QED) is 0.309. The molecule has 0 heterocycles. The van der Waals surface area contributed by atoms with E-state index in [2.05, 4.69) is 0 Å². The van der Waals surface area contributed by atoms with Crippen molar-refractivity contribution in [1.29, 1.82) is 0 Å². The van der Waals surface area contributed by atoms with Crippen LogP contribution in [0, 0.1) is 0 Å². The number of carboxylic acid groups (broad SMARTS) is 2. The van der Waals surface area contributed by atoms with Gasteiger partial charge in [0.25, 0.3) is 0 Å². The van der Waals surface area contributed by atoms with Gasteiger partial charge in [-0.05, 0) is 25.0 Å². The Kier molecular flexibility index (Phi) is 8.59. The largest absolute Gasteiger partial charge is 0.545 e. The summed E-state index contributed by atoms with van der Waals surface area (Å²) in [4.78, 5) is 42.1. The lowest BCUT2D eigenvalue weighted by Gasteiger charge is -2.18. The summed E-state index contributed by atoms with van der Waals surface area (Å²) in [5, 5.41) is 22.6. The van der Waals surface area contributed by atoms with E-state index in [1.165, 1.54) is 0 Å². The first-order chi connectivity index (χ1) is 11.5. The molecule has 0 amide bonds. The van der Waals surface area contributed by atoms with Crippen LogP contribution in [0.2, 0.25) is 0 Å². The third kappa shape index (κ3) is 5.71. The fraction of sp³-hybridized carbons (Fsp3) is 0.500. The zero-order chi connectivity index (χ0) is 17.9. The van der Waals surface area contributed by atoms with Crippen molar-refractivity contribution in [3.05, 3.63) is 23.3 Å². The number of aromatic carboxylic acids is 2. The van der Waals surface area contributed by atoms with Crippen LogP contribution in [-0.2, 0) is 9.78 Å². The van der Waals surface area contributed by atoms with Crippen LogP contribution in [0.25, 0.3) is 0 Å². The lowest BCUT2D eigenvalue weighted by atomic mass is 10.1. The van der Waals surface area contributed by atoms with E-state index in [-0.39, 0.29) is 19.0 Å². The van der Waals surface area contributed by atoms with Gasteiger partial charge in [0, 0.05) is 5.56 Å². The molecule has 134 valence electrons. The normalized spacial score (nSPS) is 10.4. The van der Waals surface area contributed by atoms with Gasteiger partial charge in [-0.1, -0.05) is 26.7 Å². The van der Waals surface area contributed by atoms with Gasteiger partial charge < -0.3 is 29.6 Å². The van der Waals surface area contributed by atoms with E-state index in [1.54, 1.807) is 0 Å². The molecule has 8 nitrogen and oxygen atoms in total. The zero-order valence-electron chi connectivity index (χ0n) is 13.7. The Morgan fingerprint density at radius 2 is 1.50 bits per heavy atom. The van der Waals surface area contributed by atoms with Gasteiger partial charge >= 0.3 is 0 Å². The fourth-order valence-corrected chi connectivity index (χ4v) is 1.69. The van der Waals surface area contributed by atoms with Gasteiger partial charge in [0.2, 0.25) is 0 Å². The number of hydrogen-bond acceptors (Lipinski definition) is 8. The molecule has 1 rings (SSSR count). The van der Waals surface area contributed by atoms with Crippen molar-refractivity contribution in [3.63, 3.8) is 0 Å². The first-order valence-corrected chi connectivity index (χ1v) is 7.71. The number of carboxylic acids is 2. The van der Waals surface area contributed by atoms with Crippen molar-refractivity contribution in [1.82, 2.24) is 0 Å². The molecule has 0 unspecified atom stereocenters. The van der Waals surface area contributed by atoms with Crippen LogP contribution >= 0.6 is 0 Å². The summed E-state index contributed by atoms with van der Waals surface area (Å²) in [7, 11) is 0. The van der Waals surface area contributed by atoms with E-state index in [0.717, 1.165) is 25.0 Å². The third-order valence-corrected chi connectivity index (χ3v) is 3.00. The third-order valence-electron chi connectivity index (χ3n) is 3.00. The molecule has 0 aliphatic carbocycles. The van der Waals surface area contributed by atoms with Gasteiger partial charge in [-0.2, -0.15) is 9.78 Å². The standard InChI is InChI=1S/C16H22O8/c1-3-5-9-21-23-12-8-7-11(15(17)18)14(13(12)16(19)20)24-22-10-6-4-2/h7-8H,3-6,9-10H2,1-2H3,(H,17,18)(H,19,20)/p-2. The van der Waals surface area contributed by atoms with E-state index < -0.39 is 28.8 Å². The van der Waals surface area contributed by atoms with Crippen LogP contribution in [0.15, 0.2) is 12.1 Å². The molecule has 0 saturated heterocycles. The maximum absolute atomic E-state index is 11.4. The van der Waals surface area contributed by atoms with Crippen LogP contribution in [0.5, 0.6) is 11.5 Å². The first kappa shape index (κ1) is 19.7. The van der Waals surface area contributed by atoms with Gasteiger partial charge in [0.15, 0.2) is 11.5 Å². The molecule has 24 heavy (non-hydrogen) atoms. The van der Waals surface area contributed by atoms with E-state index in [9.17, 15) is 19.8 Å². The molecule has 0 radical (unpaired) electrons. The molecular formula is C16H20O8-2. The second-order valence-electron chi connectivity index (χ2n) is 4.91. The SMILES string of the molecule is CCCCOOc1ccc(C(=O)[O-])c(OOCCCC)c1C(=O)[O-]. The van der Waals surface area contributed by atoms with Gasteiger partial charge in [0.05, 0.1) is 30.7 Å². The predicted molar refractivity (Wildman–Crippen MR) is 78.1 cm³/mol. The smallest absolute Gasteiger partial charge is 0.187 e. The number of carbonyl (C=O) groups excluding carboxylic acids is 2. The average molecular weight is 340 g/mol. The molecule has 0 atom stereocenters. The number of hydrogen-bond donors (Lipinski definition) is 0. The second-order valence-corrected chi connectivity index (χ2v) is 4.91. The van der Waals surface area contributed by atoms with Crippen LogP contribution in [0.4, 0.5) is 0 Å². The molecule has 1 aromatic rings. The molecule has 0 bridgehead atoms. The molecule has 0 fully saturated rings. The Hall–Kier alpha value is -2.32. The van der Waals surface area contributed by atoms with Crippen LogP contribution in [0.1, 0.15) is 60.2 Å². The van der Waals surface area contributed by atoms with Crippen molar-refractivity contribution in [3.8, 4) is 11.5 Å². The number of unbranched alkanes of at least 4 members (excludes halogenated alkanes) is 2. The lowest BCUT2D eigenvalue weighted by Crippen LogP contribution is -2.28. The van der Waals surface area contributed by atoms with Gasteiger partial charge in [0.1, 0.15) is 0 Å². The van der Waals surface area contributed by atoms with Gasteiger partial charge in [-0.15, -0.1) is 0 Å². The highest BCUT2D eigenvalue weighted by atomic mass is 17.2. The summed E-state index contributed by atoms with van der Waals surface area (Å²) in [6.45, 7) is 4.27. The number of carbonyl (C=O) groups is 2. The van der Waals surface area contributed by atoms with Crippen LogP contribution < -0.4 is 20.0 Å². The summed E-state index contributed by atoms with van der Waals surface area (Å²) < 4.78 is 0. The maximum Gasteiger partial charge on any atom is 0.187 e. The molecule has 0 saturated carbocycles. The molecule has 1 aromatic carbocycles. The maximum atomic E-state index is 11.4. The monoisotopic (exact) mass is 340 g/mol. The highest BCUT2D eigenvalue weighted by Crippen LogP contribution is 2.32. The van der Waals surface area contributed by atoms with E-state index in [4.69, 9.17) is 19.6 Å².